The van der Waals surface area contributed by atoms with Crippen molar-refractivity contribution in [3.05, 3.63) is 0 Å². The van der Waals surface area contributed by atoms with Crippen molar-refractivity contribution in [1.29, 1.82) is 0 Å². The van der Waals surface area contributed by atoms with Gasteiger partial charge in [0.05, 0.1) is 5.92 Å². The number of carbonyl (C=O) groups is 2. The number of ketones is 2. The first-order valence-corrected chi connectivity index (χ1v) is 7.20. The molecular formula is C13H9F13O2. The molecule has 0 N–H and O–H groups in total. The summed E-state index contributed by atoms with van der Waals surface area (Å²) < 4.78 is 168. The summed E-state index contributed by atoms with van der Waals surface area (Å²) in [4.78, 5) is 22.8. The van der Waals surface area contributed by atoms with Crippen LogP contribution in [0.25, 0.3) is 0 Å². The molecule has 0 aliphatic heterocycles. The highest BCUT2D eigenvalue weighted by molar-refractivity contribution is 6.06. The van der Waals surface area contributed by atoms with Crippen LogP contribution in [-0.4, -0.2) is 47.4 Å². The van der Waals surface area contributed by atoms with Gasteiger partial charge in [0, 0.05) is 6.42 Å². The van der Waals surface area contributed by atoms with Crippen molar-refractivity contribution in [2.45, 2.75) is 61.5 Å². The maximum Gasteiger partial charge on any atom is 0.460 e. The van der Waals surface area contributed by atoms with Gasteiger partial charge in [0.2, 0.25) is 5.78 Å². The molecule has 0 spiro atoms. The van der Waals surface area contributed by atoms with E-state index in [0.29, 0.717) is 0 Å². The van der Waals surface area contributed by atoms with Crippen LogP contribution in [0.4, 0.5) is 57.1 Å². The minimum Gasteiger partial charge on any atom is -0.299 e. The van der Waals surface area contributed by atoms with Gasteiger partial charge in [-0.2, -0.15) is 57.1 Å². The zero-order valence-electron chi connectivity index (χ0n) is 13.1. The Balaban J connectivity index is 3.44. The molecule has 1 saturated carbocycles. The maximum atomic E-state index is 13.7. The van der Waals surface area contributed by atoms with Gasteiger partial charge in [-0.15, -0.1) is 0 Å². The maximum absolute atomic E-state index is 13.7. The normalized spacial score (nSPS) is 21.0. The summed E-state index contributed by atoms with van der Waals surface area (Å²) in [6.07, 6.45) is -9.16. The molecule has 0 radical (unpaired) electrons. The lowest BCUT2D eigenvalue weighted by Crippen LogP contribution is -2.71. The van der Waals surface area contributed by atoms with Crippen LogP contribution in [-0.2, 0) is 9.59 Å². The van der Waals surface area contributed by atoms with E-state index in [1.165, 1.54) is 0 Å². The first kappa shape index (κ1) is 24.5. The second-order valence-corrected chi connectivity index (χ2v) is 6.00. The Morgan fingerprint density at radius 1 is 0.679 bits per heavy atom. The van der Waals surface area contributed by atoms with Gasteiger partial charge in [-0.3, -0.25) is 9.59 Å². The van der Waals surface area contributed by atoms with Crippen LogP contribution in [0.3, 0.4) is 0 Å². The molecule has 15 heteroatoms. The summed E-state index contributed by atoms with van der Waals surface area (Å²) in [5.74, 6) is -45.8. The Bertz CT molecular complexity index is 635. The molecule has 0 aromatic carbocycles. The van der Waals surface area contributed by atoms with Crippen LogP contribution in [0, 0.1) is 5.92 Å². The molecule has 0 aromatic rings. The molecular weight excluding hydrogens is 435 g/mol. The average Bonchev–Trinajstić information content (AvgIpc) is 2.52. The van der Waals surface area contributed by atoms with Crippen molar-refractivity contribution in [2.24, 2.45) is 5.92 Å². The predicted octanol–water partition coefficient (Wildman–Crippen LogP) is 5.05. The molecule has 164 valence electrons. The van der Waals surface area contributed by atoms with Crippen LogP contribution in [0.2, 0.25) is 0 Å². The summed E-state index contributed by atoms with van der Waals surface area (Å²) in [6.45, 7) is 0. The minimum atomic E-state index is -8.07. The lowest BCUT2D eigenvalue weighted by Gasteiger charge is -2.39. The van der Waals surface area contributed by atoms with Crippen molar-refractivity contribution < 1.29 is 66.7 Å². The van der Waals surface area contributed by atoms with E-state index in [4.69, 9.17) is 0 Å². The lowest BCUT2D eigenvalue weighted by atomic mass is 9.80. The van der Waals surface area contributed by atoms with E-state index in [-0.39, 0.29) is 12.8 Å². The number of rotatable bonds is 6. The van der Waals surface area contributed by atoms with E-state index in [1.807, 2.05) is 0 Å². The highest BCUT2D eigenvalue weighted by atomic mass is 19.4. The number of hydrogen-bond donors (Lipinski definition) is 0. The third-order valence-corrected chi connectivity index (χ3v) is 4.11. The van der Waals surface area contributed by atoms with E-state index in [2.05, 4.69) is 0 Å². The lowest BCUT2D eigenvalue weighted by molar-refractivity contribution is -0.436. The number of alkyl halides is 13. The van der Waals surface area contributed by atoms with E-state index in [0.717, 1.165) is 0 Å². The molecule has 1 aliphatic carbocycles. The van der Waals surface area contributed by atoms with Crippen LogP contribution < -0.4 is 0 Å². The molecule has 0 aromatic heterocycles. The van der Waals surface area contributed by atoms with Crippen molar-refractivity contribution in [2.75, 3.05) is 0 Å². The van der Waals surface area contributed by atoms with Gasteiger partial charge in [-0.25, -0.2) is 0 Å². The second kappa shape index (κ2) is 6.75. The molecule has 28 heavy (non-hydrogen) atoms. The fourth-order valence-electron chi connectivity index (χ4n) is 2.40. The number of Topliss-reactive ketones (excluding diaryl/α,β-unsaturated/α-hetero) is 2. The fourth-order valence-corrected chi connectivity index (χ4v) is 2.40. The van der Waals surface area contributed by atoms with Crippen molar-refractivity contribution >= 4 is 11.6 Å². The largest absolute Gasteiger partial charge is 0.460 e. The third kappa shape index (κ3) is 3.23. The SMILES string of the molecule is O=C1CCCC[C@H]1C(=O)C(F)(F)C(F)(F)C(F)(F)C(F)(F)C(F)(F)C(F)(F)F. The topological polar surface area (TPSA) is 34.1 Å². The van der Waals surface area contributed by atoms with Crippen LogP contribution in [0.15, 0.2) is 0 Å². The predicted molar refractivity (Wildman–Crippen MR) is 62.8 cm³/mol. The second-order valence-electron chi connectivity index (χ2n) is 6.00. The van der Waals surface area contributed by atoms with Crippen LogP contribution >= 0.6 is 0 Å². The average molecular weight is 444 g/mol. The summed E-state index contributed by atoms with van der Waals surface area (Å²) in [6, 6.07) is 0. The Hall–Kier alpha value is -1.57. The zero-order chi connectivity index (χ0) is 22.6. The fraction of sp³-hybridized carbons (Fsp3) is 0.846. The van der Waals surface area contributed by atoms with Gasteiger partial charge in [0.25, 0.3) is 0 Å². The monoisotopic (exact) mass is 444 g/mol. The van der Waals surface area contributed by atoms with E-state index >= 15 is 0 Å². The van der Waals surface area contributed by atoms with Gasteiger partial charge >= 0.3 is 35.8 Å². The Morgan fingerprint density at radius 2 is 1.11 bits per heavy atom. The molecule has 1 atom stereocenters. The highest BCUT2D eigenvalue weighted by Crippen LogP contribution is 2.60. The van der Waals surface area contributed by atoms with Crippen LogP contribution in [0.1, 0.15) is 25.7 Å². The molecule has 0 saturated heterocycles. The molecule has 0 amide bonds. The number of hydrogen-bond acceptors (Lipinski definition) is 2. The molecule has 1 aliphatic rings. The van der Waals surface area contributed by atoms with Gasteiger partial charge < -0.3 is 0 Å². The zero-order valence-corrected chi connectivity index (χ0v) is 13.1. The smallest absolute Gasteiger partial charge is 0.299 e. The van der Waals surface area contributed by atoms with Crippen LogP contribution in [0.5, 0.6) is 0 Å². The Kier molecular flexibility index (Phi) is 5.90. The Morgan fingerprint density at radius 3 is 1.50 bits per heavy atom. The third-order valence-electron chi connectivity index (χ3n) is 4.11. The summed E-state index contributed by atoms with van der Waals surface area (Å²) in [5.41, 5.74) is 0. The molecule has 2 nitrogen and oxygen atoms in total. The van der Waals surface area contributed by atoms with Crippen molar-refractivity contribution in [3.63, 3.8) is 0 Å². The van der Waals surface area contributed by atoms with Gasteiger partial charge in [0.15, 0.2) is 0 Å². The summed E-state index contributed by atoms with van der Waals surface area (Å²) in [5, 5.41) is 0. The first-order valence-electron chi connectivity index (χ1n) is 7.20. The number of carbonyl (C=O) groups excluding carboxylic acids is 2. The molecule has 0 unspecified atom stereocenters. The highest BCUT2D eigenvalue weighted by Gasteiger charge is 2.91. The van der Waals surface area contributed by atoms with Crippen molar-refractivity contribution in [1.82, 2.24) is 0 Å². The molecule has 1 rings (SSSR count). The van der Waals surface area contributed by atoms with Gasteiger partial charge in [-0.05, 0) is 12.8 Å². The molecule has 1 fully saturated rings. The minimum absolute atomic E-state index is 0.0105. The molecule has 0 heterocycles. The van der Waals surface area contributed by atoms with Gasteiger partial charge in [0.1, 0.15) is 5.78 Å². The standard InChI is InChI=1S/C13H9F13O2/c14-8(15,7(28)5-3-1-2-4-6(5)27)9(16,17)10(18,19)11(20,21)12(22,23)13(24,25)26/h5H,1-4H2/t5-/m1/s1. The van der Waals surface area contributed by atoms with E-state index < -0.39 is 66.1 Å². The van der Waals surface area contributed by atoms with E-state index in [1.54, 1.807) is 0 Å². The van der Waals surface area contributed by atoms with Crippen molar-refractivity contribution in [3.8, 4) is 0 Å². The van der Waals surface area contributed by atoms with Gasteiger partial charge in [-0.1, -0.05) is 6.42 Å². The van der Waals surface area contributed by atoms with E-state index in [9.17, 15) is 66.7 Å². The number of halogens is 13. The molecule has 0 bridgehead atoms. The summed E-state index contributed by atoms with van der Waals surface area (Å²) >= 11 is 0. The summed E-state index contributed by atoms with van der Waals surface area (Å²) in [7, 11) is 0. The first-order chi connectivity index (χ1) is 12.2. The quantitative estimate of drug-likeness (QED) is 0.425. The Labute approximate surface area is 147 Å².